The van der Waals surface area contributed by atoms with Gasteiger partial charge in [-0.2, -0.15) is 0 Å². The van der Waals surface area contributed by atoms with Gasteiger partial charge in [0.25, 0.3) is 0 Å². The van der Waals surface area contributed by atoms with E-state index in [1.54, 1.807) is 13.8 Å². The normalized spacial score (nSPS) is 16.1. The van der Waals surface area contributed by atoms with Crippen molar-refractivity contribution in [2.24, 2.45) is 0 Å². The van der Waals surface area contributed by atoms with E-state index in [0.717, 1.165) is 0 Å². The molecule has 0 heterocycles. The van der Waals surface area contributed by atoms with E-state index in [2.05, 4.69) is 0 Å². The summed E-state index contributed by atoms with van der Waals surface area (Å²) < 4.78 is 0. The first-order valence-electron chi connectivity index (χ1n) is 3.19. The lowest BCUT2D eigenvalue weighted by Crippen LogP contribution is -2.25. The van der Waals surface area contributed by atoms with Gasteiger partial charge in [-0.15, -0.1) is 0 Å². The van der Waals surface area contributed by atoms with Crippen LogP contribution < -0.4 is 0 Å². The molecule has 3 N–H and O–H groups in total. The van der Waals surface area contributed by atoms with Crippen molar-refractivity contribution in [3.63, 3.8) is 0 Å². The molecule has 0 rings (SSSR count). The van der Waals surface area contributed by atoms with E-state index in [4.69, 9.17) is 15.3 Å². The molecule has 0 spiro atoms. The molecule has 0 aliphatic heterocycles. The van der Waals surface area contributed by atoms with Crippen LogP contribution in [0.3, 0.4) is 0 Å². The summed E-state index contributed by atoms with van der Waals surface area (Å²) in [6.45, 7) is 4.76. The molecule has 0 radical (unpaired) electrons. The van der Waals surface area contributed by atoms with Crippen LogP contribution in [-0.4, -0.2) is 27.5 Å². The van der Waals surface area contributed by atoms with Crippen LogP contribution in [0.4, 0.5) is 0 Å². The molecule has 3 heteroatoms. The highest BCUT2D eigenvalue weighted by molar-refractivity contribution is 5.07. The molecule has 0 saturated heterocycles. The second kappa shape index (κ2) is 3.58. The minimum absolute atomic E-state index is 0.144. The van der Waals surface area contributed by atoms with Crippen molar-refractivity contribution in [1.82, 2.24) is 0 Å². The topological polar surface area (TPSA) is 60.7 Å². The third kappa shape index (κ3) is 2.37. The molecule has 0 aromatic heterocycles. The zero-order valence-electron chi connectivity index (χ0n) is 6.50. The Balaban J connectivity index is 4.22. The van der Waals surface area contributed by atoms with Crippen LogP contribution >= 0.6 is 0 Å². The van der Waals surface area contributed by atoms with Gasteiger partial charge >= 0.3 is 0 Å². The highest BCUT2D eigenvalue weighted by Gasteiger charge is 2.15. The van der Waals surface area contributed by atoms with Crippen molar-refractivity contribution in [2.45, 2.75) is 33.0 Å². The monoisotopic (exact) mass is 146 g/mol. The SMILES string of the molecule is CC(C)=C(O)C(O)C(C)O. The van der Waals surface area contributed by atoms with Crippen molar-refractivity contribution >= 4 is 0 Å². The van der Waals surface area contributed by atoms with Crippen LogP contribution in [0, 0.1) is 0 Å². The van der Waals surface area contributed by atoms with E-state index in [9.17, 15) is 0 Å². The standard InChI is InChI=1S/C7H14O3/c1-4(2)6(9)7(10)5(3)8/h5,7-10H,1-3H3. The molecule has 0 aliphatic carbocycles. The van der Waals surface area contributed by atoms with Gasteiger partial charge in [0.05, 0.1) is 6.10 Å². The smallest absolute Gasteiger partial charge is 0.136 e. The van der Waals surface area contributed by atoms with Crippen LogP contribution in [0.2, 0.25) is 0 Å². The molecule has 0 bridgehead atoms. The van der Waals surface area contributed by atoms with E-state index in [1.807, 2.05) is 0 Å². The average molecular weight is 146 g/mol. The Morgan fingerprint density at radius 3 is 1.70 bits per heavy atom. The van der Waals surface area contributed by atoms with Gasteiger partial charge < -0.3 is 15.3 Å². The first-order chi connectivity index (χ1) is 4.46. The number of hydrogen-bond donors (Lipinski definition) is 3. The molecule has 60 valence electrons. The summed E-state index contributed by atoms with van der Waals surface area (Å²) in [7, 11) is 0. The van der Waals surface area contributed by atoms with Gasteiger partial charge in [-0.1, -0.05) is 0 Å². The zero-order valence-corrected chi connectivity index (χ0v) is 6.50. The third-order valence-corrected chi connectivity index (χ3v) is 1.25. The van der Waals surface area contributed by atoms with E-state index >= 15 is 0 Å². The Hall–Kier alpha value is -0.540. The van der Waals surface area contributed by atoms with Crippen molar-refractivity contribution in [1.29, 1.82) is 0 Å². The molecule has 2 atom stereocenters. The second-order valence-corrected chi connectivity index (χ2v) is 2.57. The second-order valence-electron chi connectivity index (χ2n) is 2.57. The molecule has 0 fully saturated rings. The van der Waals surface area contributed by atoms with E-state index in [0.29, 0.717) is 5.57 Å². The van der Waals surface area contributed by atoms with E-state index < -0.39 is 12.2 Å². The molecule has 0 aromatic carbocycles. The van der Waals surface area contributed by atoms with Crippen LogP contribution in [-0.2, 0) is 0 Å². The predicted molar refractivity (Wildman–Crippen MR) is 38.7 cm³/mol. The summed E-state index contributed by atoms with van der Waals surface area (Å²) in [5, 5.41) is 26.8. The maximum atomic E-state index is 9.04. The lowest BCUT2D eigenvalue weighted by Gasteiger charge is -2.13. The van der Waals surface area contributed by atoms with Crippen molar-refractivity contribution < 1.29 is 15.3 Å². The third-order valence-electron chi connectivity index (χ3n) is 1.25. The quantitative estimate of drug-likeness (QED) is 0.499. The summed E-state index contributed by atoms with van der Waals surface area (Å²) >= 11 is 0. The first-order valence-corrected chi connectivity index (χ1v) is 3.19. The van der Waals surface area contributed by atoms with Gasteiger partial charge in [0.15, 0.2) is 0 Å². The zero-order chi connectivity index (χ0) is 8.31. The lowest BCUT2D eigenvalue weighted by molar-refractivity contribution is 0.0282. The van der Waals surface area contributed by atoms with Crippen LogP contribution in [0.1, 0.15) is 20.8 Å². The molecule has 2 unspecified atom stereocenters. The van der Waals surface area contributed by atoms with E-state index in [1.165, 1.54) is 6.92 Å². The Kier molecular flexibility index (Phi) is 3.39. The van der Waals surface area contributed by atoms with Gasteiger partial charge in [-0.25, -0.2) is 0 Å². The highest BCUT2D eigenvalue weighted by Crippen LogP contribution is 2.07. The Labute approximate surface area is 60.6 Å². The molecule has 0 amide bonds. The highest BCUT2D eigenvalue weighted by atomic mass is 16.4. The largest absolute Gasteiger partial charge is 0.510 e. The maximum absolute atomic E-state index is 9.04. The fourth-order valence-electron chi connectivity index (χ4n) is 0.524. The number of rotatable bonds is 2. The predicted octanol–water partition coefficient (Wildman–Crippen LogP) is 0.580. The molecule has 0 saturated carbocycles. The minimum Gasteiger partial charge on any atom is -0.510 e. The van der Waals surface area contributed by atoms with Gasteiger partial charge in [-0.05, 0) is 26.3 Å². The lowest BCUT2D eigenvalue weighted by atomic mass is 10.1. The summed E-state index contributed by atoms with van der Waals surface area (Å²) in [6, 6.07) is 0. The Morgan fingerprint density at radius 1 is 1.20 bits per heavy atom. The van der Waals surface area contributed by atoms with Crippen molar-refractivity contribution in [3.05, 3.63) is 11.3 Å². The van der Waals surface area contributed by atoms with Crippen LogP contribution in [0.25, 0.3) is 0 Å². The molecular formula is C7H14O3. The molecule has 3 nitrogen and oxygen atoms in total. The van der Waals surface area contributed by atoms with Gasteiger partial charge in [0.2, 0.25) is 0 Å². The fourth-order valence-corrected chi connectivity index (χ4v) is 0.524. The Bertz CT molecular complexity index is 134. The number of hydrogen-bond acceptors (Lipinski definition) is 3. The Morgan fingerprint density at radius 2 is 1.60 bits per heavy atom. The summed E-state index contributed by atoms with van der Waals surface area (Å²) in [6.07, 6.45) is -2.07. The van der Waals surface area contributed by atoms with Crippen molar-refractivity contribution in [2.75, 3.05) is 0 Å². The number of allylic oxidation sites excluding steroid dienone is 1. The van der Waals surface area contributed by atoms with Crippen molar-refractivity contribution in [3.8, 4) is 0 Å². The van der Waals surface area contributed by atoms with Gasteiger partial charge in [0.1, 0.15) is 11.9 Å². The van der Waals surface area contributed by atoms with Gasteiger partial charge in [-0.3, -0.25) is 0 Å². The van der Waals surface area contributed by atoms with E-state index in [-0.39, 0.29) is 5.76 Å². The van der Waals surface area contributed by atoms with Crippen LogP contribution in [0.15, 0.2) is 11.3 Å². The fraction of sp³-hybridized carbons (Fsp3) is 0.714. The summed E-state index contributed by atoms with van der Waals surface area (Å²) in [4.78, 5) is 0. The summed E-state index contributed by atoms with van der Waals surface area (Å²) in [5.41, 5.74) is 0.619. The van der Waals surface area contributed by atoms with Gasteiger partial charge in [0, 0.05) is 0 Å². The molecule has 10 heavy (non-hydrogen) atoms. The average Bonchev–Trinajstić information content (AvgIpc) is 1.84. The first kappa shape index (κ1) is 9.46. The number of aliphatic hydroxyl groups excluding tert-OH is 3. The number of aliphatic hydroxyl groups is 3. The summed E-state index contributed by atoms with van der Waals surface area (Å²) in [5.74, 6) is -0.144. The molecular weight excluding hydrogens is 132 g/mol. The minimum atomic E-state index is -1.15. The molecule has 0 aliphatic rings. The van der Waals surface area contributed by atoms with Crippen LogP contribution in [0.5, 0.6) is 0 Å². The molecule has 0 aromatic rings. The maximum Gasteiger partial charge on any atom is 0.136 e.